The van der Waals surface area contributed by atoms with Crippen molar-refractivity contribution in [2.24, 2.45) is 0 Å². The van der Waals surface area contributed by atoms with Gasteiger partial charge >= 0.3 is 0 Å². The van der Waals surface area contributed by atoms with Gasteiger partial charge in [0.05, 0.1) is 7.11 Å². The van der Waals surface area contributed by atoms with Gasteiger partial charge in [-0.25, -0.2) is 4.98 Å². The maximum Gasteiger partial charge on any atom is 0.145 e. The third-order valence-corrected chi connectivity index (χ3v) is 4.68. The highest BCUT2D eigenvalue weighted by molar-refractivity contribution is 5.95. The molecule has 2 aromatic rings. The van der Waals surface area contributed by atoms with Gasteiger partial charge in [0, 0.05) is 55.5 Å². The number of benzene rings is 1. The van der Waals surface area contributed by atoms with Gasteiger partial charge < -0.3 is 15.0 Å². The molecule has 130 valence electrons. The summed E-state index contributed by atoms with van der Waals surface area (Å²) in [6.07, 6.45) is 0. The average molecular weight is 328 g/mol. The molecule has 0 bridgehead atoms. The molecule has 1 atom stereocenters. The summed E-state index contributed by atoms with van der Waals surface area (Å²) in [5, 5.41) is 4.80. The molecule has 1 aromatic carbocycles. The number of anilines is 1. The molecule has 3 rings (SSSR count). The van der Waals surface area contributed by atoms with Crippen molar-refractivity contribution < 1.29 is 4.74 Å². The SMILES string of the molecule is COc1cccc2c(NC(C)CN3CCN(C)CC3)cc(C)nc12. The first-order valence-electron chi connectivity index (χ1n) is 8.68. The molecule has 2 heterocycles. The Labute approximate surface area is 144 Å². The zero-order valence-electron chi connectivity index (χ0n) is 15.2. The van der Waals surface area contributed by atoms with Crippen LogP contribution in [0.1, 0.15) is 12.6 Å². The quantitative estimate of drug-likeness (QED) is 0.914. The summed E-state index contributed by atoms with van der Waals surface area (Å²) in [7, 11) is 3.89. The minimum atomic E-state index is 0.379. The molecule has 0 aliphatic carbocycles. The number of ether oxygens (including phenoxy) is 1. The fourth-order valence-corrected chi connectivity index (χ4v) is 3.36. The normalized spacial score (nSPS) is 17.8. The van der Waals surface area contributed by atoms with Crippen molar-refractivity contribution >= 4 is 16.6 Å². The molecule has 0 saturated carbocycles. The second-order valence-electron chi connectivity index (χ2n) is 6.82. The van der Waals surface area contributed by atoms with Crippen LogP contribution in [0.4, 0.5) is 5.69 Å². The fraction of sp³-hybridized carbons (Fsp3) is 0.526. The Morgan fingerprint density at radius 2 is 2.00 bits per heavy atom. The molecule has 1 fully saturated rings. The van der Waals surface area contributed by atoms with Crippen molar-refractivity contribution in [3.63, 3.8) is 0 Å². The zero-order valence-corrected chi connectivity index (χ0v) is 15.2. The molecule has 0 radical (unpaired) electrons. The summed E-state index contributed by atoms with van der Waals surface area (Å²) in [5.74, 6) is 0.825. The molecular formula is C19H28N4O. The number of hydrogen-bond donors (Lipinski definition) is 1. The molecule has 0 amide bonds. The molecule has 1 unspecified atom stereocenters. The van der Waals surface area contributed by atoms with Crippen molar-refractivity contribution in [2.45, 2.75) is 19.9 Å². The molecule has 0 spiro atoms. The lowest BCUT2D eigenvalue weighted by Crippen LogP contribution is -2.47. The monoisotopic (exact) mass is 328 g/mol. The number of nitrogens with zero attached hydrogens (tertiary/aromatic N) is 3. The Bertz CT molecular complexity index is 695. The first-order valence-corrected chi connectivity index (χ1v) is 8.68. The van der Waals surface area contributed by atoms with Gasteiger partial charge in [0.1, 0.15) is 11.3 Å². The van der Waals surface area contributed by atoms with Crippen molar-refractivity contribution in [3.8, 4) is 5.75 Å². The Hall–Kier alpha value is -1.85. The first kappa shape index (κ1) is 17.0. The lowest BCUT2D eigenvalue weighted by Gasteiger charge is -2.34. The van der Waals surface area contributed by atoms with E-state index < -0.39 is 0 Å². The smallest absolute Gasteiger partial charge is 0.145 e. The highest BCUT2D eigenvalue weighted by atomic mass is 16.5. The predicted octanol–water partition coefficient (Wildman–Crippen LogP) is 2.60. The summed E-state index contributed by atoms with van der Waals surface area (Å²) < 4.78 is 5.47. The number of methoxy groups -OCH3 is 1. The number of pyridine rings is 1. The maximum absolute atomic E-state index is 5.47. The summed E-state index contributed by atoms with van der Waals surface area (Å²) in [6.45, 7) is 9.93. The van der Waals surface area contributed by atoms with Crippen LogP contribution in [0.25, 0.3) is 10.9 Å². The molecule has 1 saturated heterocycles. The number of rotatable bonds is 5. The number of likely N-dealkylation sites (N-methyl/N-ethyl adjacent to an activating group) is 1. The highest BCUT2D eigenvalue weighted by Crippen LogP contribution is 2.30. The van der Waals surface area contributed by atoms with Gasteiger partial charge in [0.25, 0.3) is 0 Å². The van der Waals surface area contributed by atoms with Crippen LogP contribution in [0.5, 0.6) is 5.75 Å². The highest BCUT2D eigenvalue weighted by Gasteiger charge is 2.17. The van der Waals surface area contributed by atoms with Gasteiger partial charge in [-0.2, -0.15) is 0 Å². The third kappa shape index (κ3) is 3.79. The van der Waals surface area contributed by atoms with E-state index in [0.29, 0.717) is 6.04 Å². The van der Waals surface area contributed by atoms with Crippen molar-refractivity contribution in [1.82, 2.24) is 14.8 Å². The Kier molecular flexibility index (Phi) is 5.21. The van der Waals surface area contributed by atoms with E-state index in [0.717, 1.165) is 60.8 Å². The van der Waals surface area contributed by atoms with Crippen LogP contribution >= 0.6 is 0 Å². The van der Waals surface area contributed by atoms with Crippen molar-refractivity contribution in [2.75, 3.05) is 52.2 Å². The van der Waals surface area contributed by atoms with Crippen molar-refractivity contribution in [1.29, 1.82) is 0 Å². The number of nitrogens with one attached hydrogen (secondary N) is 1. The second-order valence-corrected chi connectivity index (χ2v) is 6.82. The zero-order chi connectivity index (χ0) is 17.1. The summed E-state index contributed by atoms with van der Waals surface area (Å²) in [5.41, 5.74) is 3.06. The minimum Gasteiger partial charge on any atom is -0.494 e. The van der Waals surface area contributed by atoms with E-state index >= 15 is 0 Å². The van der Waals surface area contributed by atoms with Crippen LogP contribution in [0, 0.1) is 6.92 Å². The molecule has 5 heteroatoms. The standard InChI is InChI=1S/C19H28N4O/c1-14-12-17(16-6-5-7-18(24-4)19(16)21-14)20-15(2)13-23-10-8-22(3)9-11-23/h5-7,12,15H,8-11,13H2,1-4H3,(H,20,21). The molecule has 5 nitrogen and oxygen atoms in total. The van der Waals surface area contributed by atoms with Gasteiger partial charge in [-0.1, -0.05) is 12.1 Å². The molecule has 1 aliphatic rings. The van der Waals surface area contributed by atoms with Crippen molar-refractivity contribution in [3.05, 3.63) is 30.0 Å². The van der Waals surface area contributed by atoms with Crippen LogP contribution in [-0.2, 0) is 0 Å². The van der Waals surface area contributed by atoms with Gasteiger partial charge in [0.2, 0.25) is 0 Å². The van der Waals surface area contributed by atoms with E-state index in [9.17, 15) is 0 Å². The van der Waals surface area contributed by atoms with E-state index in [1.54, 1.807) is 7.11 Å². The van der Waals surface area contributed by atoms with Crippen LogP contribution in [0.3, 0.4) is 0 Å². The largest absolute Gasteiger partial charge is 0.494 e. The number of aryl methyl sites for hydroxylation is 1. The average Bonchev–Trinajstić information content (AvgIpc) is 2.56. The van der Waals surface area contributed by atoms with Gasteiger partial charge in [0.15, 0.2) is 0 Å². The van der Waals surface area contributed by atoms with Crippen LogP contribution in [0.2, 0.25) is 0 Å². The van der Waals surface area contributed by atoms with Crippen LogP contribution < -0.4 is 10.1 Å². The Morgan fingerprint density at radius 3 is 2.71 bits per heavy atom. The summed E-state index contributed by atoms with van der Waals surface area (Å²) >= 11 is 0. The number of para-hydroxylation sites is 1. The van der Waals surface area contributed by atoms with E-state index in [-0.39, 0.29) is 0 Å². The van der Waals surface area contributed by atoms with Gasteiger partial charge in [-0.15, -0.1) is 0 Å². The lowest BCUT2D eigenvalue weighted by molar-refractivity contribution is 0.151. The van der Waals surface area contributed by atoms with E-state index in [1.165, 1.54) is 0 Å². The van der Waals surface area contributed by atoms with Crippen LogP contribution in [-0.4, -0.2) is 67.7 Å². The Balaban J connectivity index is 1.77. The maximum atomic E-state index is 5.47. The van der Waals surface area contributed by atoms with Gasteiger partial charge in [-0.05, 0) is 33.0 Å². The molecule has 1 aromatic heterocycles. The van der Waals surface area contributed by atoms with Crippen LogP contribution in [0.15, 0.2) is 24.3 Å². The number of aromatic nitrogens is 1. The molecule has 1 N–H and O–H groups in total. The first-order chi connectivity index (χ1) is 11.6. The molecule has 24 heavy (non-hydrogen) atoms. The third-order valence-electron chi connectivity index (χ3n) is 4.68. The summed E-state index contributed by atoms with van der Waals surface area (Å²) in [4.78, 5) is 9.58. The number of piperazine rings is 1. The minimum absolute atomic E-state index is 0.379. The molecular weight excluding hydrogens is 300 g/mol. The Morgan fingerprint density at radius 1 is 1.25 bits per heavy atom. The summed E-state index contributed by atoms with van der Waals surface area (Å²) in [6, 6.07) is 8.60. The van der Waals surface area contributed by atoms with E-state index in [1.807, 2.05) is 19.1 Å². The number of hydrogen-bond acceptors (Lipinski definition) is 5. The van der Waals surface area contributed by atoms with E-state index in [4.69, 9.17) is 4.74 Å². The molecule has 1 aliphatic heterocycles. The lowest BCUT2D eigenvalue weighted by atomic mass is 10.1. The second kappa shape index (κ2) is 7.36. The number of fused-ring (bicyclic) bond motifs is 1. The fourth-order valence-electron chi connectivity index (χ4n) is 3.36. The topological polar surface area (TPSA) is 40.6 Å². The van der Waals surface area contributed by atoms with Gasteiger partial charge in [-0.3, -0.25) is 4.90 Å². The predicted molar refractivity (Wildman–Crippen MR) is 100 cm³/mol. The van der Waals surface area contributed by atoms with E-state index in [2.05, 4.69) is 46.2 Å².